The van der Waals surface area contributed by atoms with Crippen molar-refractivity contribution < 1.29 is 4.74 Å². The summed E-state index contributed by atoms with van der Waals surface area (Å²) in [7, 11) is 0. The van der Waals surface area contributed by atoms with Crippen molar-refractivity contribution in [2.24, 2.45) is 0 Å². The van der Waals surface area contributed by atoms with Gasteiger partial charge in [-0.3, -0.25) is 9.89 Å². The van der Waals surface area contributed by atoms with Crippen LogP contribution >= 0.6 is 0 Å². The van der Waals surface area contributed by atoms with E-state index in [4.69, 9.17) is 4.74 Å². The summed E-state index contributed by atoms with van der Waals surface area (Å²) in [5, 5.41) is 7.43. The van der Waals surface area contributed by atoms with Gasteiger partial charge in [0.15, 0.2) is 0 Å². The van der Waals surface area contributed by atoms with Crippen LogP contribution < -0.4 is 10.3 Å². The smallest absolute Gasteiger partial charge is 0.259 e. The minimum atomic E-state index is -0.826. The lowest BCUT2D eigenvalue weighted by Crippen LogP contribution is -2.43. The number of benzene rings is 2. The highest BCUT2D eigenvalue weighted by Gasteiger charge is 2.53. The maximum Gasteiger partial charge on any atom is 0.259 e. The van der Waals surface area contributed by atoms with Crippen LogP contribution in [0.15, 0.2) is 59.7 Å². The third-order valence-corrected chi connectivity index (χ3v) is 5.90. The van der Waals surface area contributed by atoms with Crippen molar-refractivity contribution in [1.29, 1.82) is 0 Å². The molecule has 1 spiro atoms. The number of rotatable bonds is 0. The van der Waals surface area contributed by atoms with E-state index in [2.05, 4.69) is 44.4 Å². The fourth-order valence-corrected chi connectivity index (χ4v) is 4.90. The highest BCUT2D eigenvalue weighted by molar-refractivity contribution is 5.72. The Morgan fingerprint density at radius 1 is 0.964 bits per heavy atom. The Hall–Kier alpha value is -3.67. The second kappa shape index (κ2) is 5.19. The molecule has 6 rings (SSSR count). The molecule has 0 atom stereocenters. The molecule has 4 aromatic rings. The van der Waals surface area contributed by atoms with Crippen molar-refractivity contribution >= 4 is 0 Å². The predicted octanol–water partition coefficient (Wildman–Crippen LogP) is 3.19. The molecule has 0 amide bonds. The molecule has 2 aromatic carbocycles. The van der Waals surface area contributed by atoms with Gasteiger partial charge >= 0.3 is 0 Å². The Balaban J connectivity index is 1.90. The van der Waals surface area contributed by atoms with Crippen LogP contribution in [-0.2, 0) is 11.8 Å². The lowest BCUT2D eigenvalue weighted by atomic mass is 9.59. The molecule has 2 N–H and O–H groups in total. The summed E-state index contributed by atoms with van der Waals surface area (Å²) in [5.41, 5.74) is 5.73. The summed E-state index contributed by atoms with van der Waals surface area (Å²) in [6, 6.07) is 16.6. The van der Waals surface area contributed by atoms with E-state index >= 15 is 0 Å². The maximum absolute atomic E-state index is 13.2. The van der Waals surface area contributed by atoms with Crippen molar-refractivity contribution in [3.8, 4) is 11.8 Å². The Morgan fingerprint density at radius 2 is 1.64 bits per heavy atom. The molecule has 0 fully saturated rings. The monoisotopic (exact) mass is 368 g/mol. The van der Waals surface area contributed by atoms with Gasteiger partial charge in [0.2, 0.25) is 11.8 Å². The number of nitrogens with one attached hydrogen (secondary N) is 2. The van der Waals surface area contributed by atoms with E-state index in [-0.39, 0.29) is 5.56 Å². The lowest BCUT2D eigenvalue weighted by Gasteiger charge is -2.43. The molecule has 0 saturated heterocycles. The number of ether oxygens (including phenoxy) is 1. The van der Waals surface area contributed by atoms with Crippen LogP contribution in [0.2, 0.25) is 0 Å². The van der Waals surface area contributed by atoms with Gasteiger partial charge in [-0.05, 0) is 35.6 Å². The fraction of sp³-hybridized carbons (Fsp3) is 0.136. The molecular formula is C22H16N4O2. The highest BCUT2D eigenvalue weighted by atomic mass is 16.5. The summed E-state index contributed by atoms with van der Waals surface area (Å²) in [6.07, 6.45) is 2.19. The van der Waals surface area contributed by atoms with E-state index in [1.807, 2.05) is 31.2 Å². The average molecular weight is 368 g/mol. The summed E-state index contributed by atoms with van der Waals surface area (Å²) < 4.78 is 5.96. The first kappa shape index (κ1) is 15.4. The fourth-order valence-electron chi connectivity index (χ4n) is 4.90. The first-order chi connectivity index (χ1) is 13.7. The third-order valence-electron chi connectivity index (χ3n) is 5.90. The maximum atomic E-state index is 13.2. The minimum Gasteiger partial charge on any atom is -0.418 e. The zero-order valence-corrected chi connectivity index (χ0v) is 15.1. The highest BCUT2D eigenvalue weighted by Crippen LogP contribution is 2.57. The van der Waals surface area contributed by atoms with Crippen molar-refractivity contribution in [1.82, 2.24) is 20.2 Å². The molecule has 0 radical (unpaired) electrons. The number of fused-ring (bicyclic) bond motifs is 8. The van der Waals surface area contributed by atoms with Crippen molar-refractivity contribution in [3.05, 3.63) is 104 Å². The molecule has 0 unspecified atom stereocenters. The summed E-state index contributed by atoms with van der Waals surface area (Å²) in [4.78, 5) is 20.3. The number of hydrogen-bond donors (Lipinski definition) is 2. The summed E-state index contributed by atoms with van der Waals surface area (Å²) in [6.45, 7) is 1.96. The van der Waals surface area contributed by atoms with Gasteiger partial charge in [0.1, 0.15) is 0 Å². The minimum absolute atomic E-state index is 0.206. The average Bonchev–Trinajstić information content (AvgIpc) is 3.09. The third kappa shape index (κ3) is 1.70. The van der Waals surface area contributed by atoms with E-state index in [0.29, 0.717) is 17.3 Å². The topological polar surface area (TPSA) is 83.7 Å². The molecule has 1 aliphatic heterocycles. The first-order valence-electron chi connectivity index (χ1n) is 9.19. The van der Waals surface area contributed by atoms with Gasteiger partial charge in [-0.2, -0.15) is 0 Å². The van der Waals surface area contributed by atoms with Crippen LogP contribution in [0, 0.1) is 6.92 Å². The van der Waals surface area contributed by atoms with E-state index < -0.39 is 5.41 Å². The molecule has 2 aliphatic rings. The largest absolute Gasteiger partial charge is 0.418 e. The van der Waals surface area contributed by atoms with Gasteiger partial charge < -0.3 is 9.72 Å². The second-order valence-corrected chi connectivity index (χ2v) is 7.28. The number of aryl methyl sites for hydroxylation is 1. The molecule has 3 heterocycles. The molecule has 0 bridgehead atoms. The van der Waals surface area contributed by atoms with Crippen LogP contribution in [-0.4, -0.2) is 20.2 Å². The van der Waals surface area contributed by atoms with E-state index in [1.165, 1.54) is 17.5 Å². The molecule has 28 heavy (non-hydrogen) atoms. The van der Waals surface area contributed by atoms with Crippen LogP contribution in [0.25, 0.3) is 0 Å². The molecule has 0 saturated carbocycles. The van der Waals surface area contributed by atoms with Crippen molar-refractivity contribution in [2.75, 3.05) is 0 Å². The summed E-state index contributed by atoms with van der Waals surface area (Å²) >= 11 is 0. The Labute approximate surface area is 160 Å². The number of hydrogen-bond acceptors (Lipinski definition) is 4. The molecule has 6 heteroatoms. The van der Waals surface area contributed by atoms with Crippen molar-refractivity contribution in [3.63, 3.8) is 0 Å². The normalized spacial score (nSPS) is 15.2. The van der Waals surface area contributed by atoms with E-state index in [0.717, 1.165) is 28.8 Å². The first-order valence-corrected chi connectivity index (χ1v) is 9.19. The van der Waals surface area contributed by atoms with Crippen LogP contribution in [0.3, 0.4) is 0 Å². The van der Waals surface area contributed by atoms with Crippen LogP contribution in [0.5, 0.6) is 11.8 Å². The van der Waals surface area contributed by atoms with Gasteiger partial charge in [-0.1, -0.05) is 48.5 Å². The molecular weight excluding hydrogens is 352 g/mol. The zero-order chi connectivity index (χ0) is 18.9. The Bertz CT molecular complexity index is 1270. The zero-order valence-electron chi connectivity index (χ0n) is 15.1. The Morgan fingerprint density at radius 3 is 2.36 bits per heavy atom. The standard InChI is InChI=1S/C22H16N4O2/c1-12-17-21(26-25-12)28-20-18(19(27)23-11-24-20)22(17)15-8-4-2-6-13(15)10-14-7-3-5-9-16(14)22/h2-9,11H,10H2,1H3,(H,25,26)(H,23,24,27). The van der Waals surface area contributed by atoms with Gasteiger partial charge in [-0.25, -0.2) is 4.98 Å². The van der Waals surface area contributed by atoms with Gasteiger partial charge in [0.05, 0.1) is 22.9 Å². The van der Waals surface area contributed by atoms with Crippen LogP contribution in [0.4, 0.5) is 0 Å². The quantitative estimate of drug-likeness (QED) is 0.431. The lowest BCUT2D eigenvalue weighted by molar-refractivity contribution is 0.396. The van der Waals surface area contributed by atoms with Crippen LogP contribution in [0.1, 0.15) is 39.1 Å². The SMILES string of the molecule is Cc1[nH]nc2c1C1(c3ccccc3Cc3ccccc31)c1c(nc[nH]c1=O)O2. The molecule has 136 valence electrons. The summed E-state index contributed by atoms with van der Waals surface area (Å²) in [5.74, 6) is 0.767. The van der Waals surface area contributed by atoms with Crippen molar-refractivity contribution in [2.45, 2.75) is 18.8 Å². The number of H-pyrrole nitrogens is 2. The van der Waals surface area contributed by atoms with E-state index in [9.17, 15) is 4.79 Å². The molecule has 1 aliphatic carbocycles. The van der Waals surface area contributed by atoms with E-state index in [1.54, 1.807) is 0 Å². The number of nitrogens with zero attached hydrogens (tertiary/aromatic N) is 2. The number of aromatic amines is 2. The Kier molecular flexibility index (Phi) is 2.86. The molecule has 6 nitrogen and oxygen atoms in total. The second-order valence-electron chi connectivity index (χ2n) is 7.28. The van der Waals surface area contributed by atoms with Gasteiger partial charge in [0, 0.05) is 5.69 Å². The van der Waals surface area contributed by atoms with Gasteiger partial charge in [0.25, 0.3) is 5.56 Å². The number of aromatic nitrogens is 4. The van der Waals surface area contributed by atoms with Gasteiger partial charge in [-0.15, -0.1) is 5.10 Å². The predicted molar refractivity (Wildman–Crippen MR) is 103 cm³/mol. The molecule has 2 aromatic heterocycles.